The fourth-order valence-electron chi connectivity index (χ4n) is 3.35. The van der Waals surface area contributed by atoms with Gasteiger partial charge in [0.2, 0.25) is 0 Å². The van der Waals surface area contributed by atoms with Crippen LogP contribution in [0.3, 0.4) is 0 Å². The molecule has 1 aromatic carbocycles. The minimum absolute atomic E-state index is 0.408. The van der Waals surface area contributed by atoms with Crippen LogP contribution < -0.4 is 10.6 Å². The van der Waals surface area contributed by atoms with Gasteiger partial charge < -0.3 is 15.5 Å². The first-order chi connectivity index (χ1) is 13.2. The highest BCUT2D eigenvalue weighted by Gasteiger charge is 2.07. The van der Waals surface area contributed by atoms with Gasteiger partial charge in [0.25, 0.3) is 0 Å². The number of para-hydroxylation sites is 1. The Morgan fingerprint density at radius 2 is 1.96 bits per heavy atom. The molecule has 1 atom stereocenters. The van der Waals surface area contributed by atoms with E-state index in [1.807, 2.05) is 19.3 Å². The summed E-state index contributed by atoms with van der Waals surface area (Å²) in [4.78, 5) is 11.4. The molecule has 0 radical (unpaired) electrons. The van der Waals surface area contributed by atoms with Gasteiger partial charge in [-0.2, -0.15) is 0 Å². The van der Waals surface area contributed by atoms with Crippen molar-refractivity contribution in [2.24, 2.45) is 4.99 Å². The van der Waals surface area contributed by atoms with Crippen molar-refractivity contribution in [1.29, 1.82) is 0 Å². The van der Waals surface area contributed by atoms with Crippen LogP contribution in [0.4, 0.5) is 0 Å². The number of hydrogen-bond acceptors (Lipinski definition) is 3. The van der Waals surface area contributed by atoms with Crippen LogP contribution >= 0.6 is 0 Å². The van der Waals surface area contributed by atoms with Gasteiger partial charge >= 0.3 is 0 Å². The van der Waals surface area contributed by atoms with Crippen molar-refractivity contribution in [3.05, 3.63) is 42.1 Å². The van der Waals surface area contributed by atoms with Crippen LogP contribution in [0.25, 0.3) is 10.9 Å². The number of pyridine rings is 1. The predicted octanol–water partition coefficient (Wildman–Crippen LogP) is 3.45. The zero-order chi connectivity index (χ0) is 19.5. The van der Waals surface area contributed by atoms with Gasteiger partial charge in [0.1, 0.15) is 0 Å². The van der Waals surface area contributed by atoms with E-state index < -0.39 is 0 Å². The number of hydrogen-bond donors (Lipinski definition) is 2. The first-order valence-corrected chi connectivity index (χ1v) is 10.2. The number of aliphatic imine (C=N–C) groups is 1. The molecule has 0 fully saturated rings. The third kappa shape index (κ3) is 6.83. The fourth-order valence-corrected chi connectivity index (χ4v) is 3.35. The Bertz CT molecular complexity index is 703. The Morgan fingerprint density at radius 3 is 2.70 bits per heavy atom. The molecular weight excluding hydrogens is 334 g/mol. The third-order valence-corrected chi connectivity index (χ3v) is 5.02. The number of benzene rings is 1. The zero-order valence-electron chi connectivity index (χ0n) is 17.3. The molecule has 2 aromatic rings. The van der Waals surface area contributed by atoms with Gasteiger partial charge in [0, 0.05) is 31.2 Å². The lowest BCUT2D eigenvalue weighted by atomic mass is 10.1. The Kier molecular flexibility index (Phi) is 9.05. The zero-order valence-corrected chi connectivity index (χ0v) is 17.3. The average Bonchev–Trinajstić information content (AvgIpc) is 2.70. The van der Waals surface area contributed by atoms with Crippen molar-refractivity contribution in [1.82, 2.24) is 20.5 Å². The Morgan fingerprint density at radius 1 is 1.19 bits per heavy atom. The number of nitrogens with zero attached hydrogens (tertiary/aromatic N) is 3. The second kappa shape index (κ2) is 11.5. The van der Waals surface area contributed by atoms with Crippen molar-refractivity contribution in [2.75, 3.05) is 33.2 Å². The molecule has 5 nitrogen and oxygen atoms in total. The van der Waals surface area contributed by atoms with Crippen LogP contribution in [-0.2, 0) is 6.42 Å². The van der Waals surface area contributed by atoms with E-state index >= 15 is 0 Å². The van der Waals surface area contributed by atoms with Crippen molar-refractivity contribution in [2.45, 2.75) is 46.1 Å². The molecule has 0 aliphatic rings. The fraction of sp³-hybridized carbons (Fsp3) is 0.545. The van der Waals surface area contributed by atoms with E-state index in [0.717, 1.165) is 44.0 Å². The lowest BCUT2D eigenvalue weighted by molar-refractivity contribution is 0.292. The van der Waals surface area contributed by atoms with Gasteiger partial charge in [-0.1, -0.05) is 38.1 Å². The molecule has 1 unspecified atom stereocenters. The van der Waals surface area contributed by atoms with E-state index in [4.69, 9.17) is 0 Å². The molecule has 1 aromatic heterocycles. The van der Waals surface area contributed by atoms with E-state index in [-0.39, 0.29) is 0 Å². The summed E-state index contributed by atoms with van der Waals surface area (Å²) in [6, 6.07) is 10.9. The summed E-state index contributed by atoms with van der Waals surface area (Å²) in [7, 11) is 1.83. The molecule has 0 amide bonds. The maximum Gasteiger partial charge on any atom is 0.191 e. The second-order valence-corrected chi connectivity index (χ2v) is 6.96. The van der Waals surface area contributed by atoms with E-state index in [2.05, 4.69) is 70.5 Å². The topological polar surface area (TPSA) is 52.5 Å². The van der Waals surface area contributed by atoms with Crippen LogP contribution in [0, 0.1) is 0 Å². The first kappa shape index (κ1) is 21.2. The molecule has 148 valence electrons. The van der Waals surface area contributed by atoms with Crippen LogP contribution in [0.15, 0.2) is 41.5 Å². The van der Waals surface area contributed by atoms with E-state index in [9.17, 15) is 0 Å². The minimum atomic E-state index is 0.408. The summed E-state index contributed by atoms with van der Waals surface area (Å²) >= 11 is 0. The van der Waals surface area contributed by atoms with Crippen molar-refractivity contribution in [3.63, 3.8) is 0 Å². The SMILES string of the molecule is CCN(CC)CCCC(C)NC(=NC)NCCc1cccc2cccnc12. The molecule has 27 heavy (non-hydrogen) atoms. The monoisotopic (exact) mass is 369 g/mol. The molecule has 2 N–H and O–H groups in total. The van der Waals surface area contributed by atoms with E-state index in [1.165, 1.54) is 23.9 Å². The number of rotatable bonds is 10. The quantitative estimate of drug-likeness (QED) is 0.497. The summed E-state index contributed by atoms with van der Waals surface area (Å²) in [6.07, 6.45) is 5.13. The highest BCUT2D eigenvalue weighted by atomic mass is 15.2. The number of aromatic nitrogens is 1. The second-order valence-electron chi connectivity index (χ2n) is 6.96. The minimum Gasteiger partial charge on any atom is -0.356 e. The Balaban J connectivity index is 1.76. The molecule has 2 rings (SSSR count). The highest BCUT2D eigenvalue weighted by Crippen LogP contribution is 2.15. The number of guanidine groups is 1. The summed E-state index contributed by atoms with van der Waals surface area (Å²) in [5.41, 5.74) is 2.36. The van der Waals surface area contributed by atoms with Crippen molar-refractivity contribution < 1.29 is 0 Å². The van der Waals surface area contributed by atoms with Gasteiger partial charge in [-0.15, -0.1) is 0 Å². The van der Waals surface area contributed by atoms with Crippen molar-refractivity contribution in [3.8, 4) is 0 Å². The normalized spacial score (nSPS) is 13.1. The first-order valence-electron chi connectivity index (χ1n) is 10.2. The van der Waals surface area contributed by atoms with Gasteiger partial charge in [-0.25, -0.2) is 0 Å². The van der Waals surface area contributed by atoms with Gasteiger partial charge in [0.05, 0.1) is 5.52 Å². The average molecular weight is 370 g/mol. The van der Waals surface area contributed by atoms with Crippen LogP contribution in [0.2, 0.25) is 0 Å². The third-order valence-electron chi connectivity index (χ3n) is 5.02. The predicted molar refractivity (Wildman–Crippen MR) is 116 cm³/mol. The molecule has 0 bridgehead atoms. The number of fused-ring (bicyclic) bond motifs is 1. The van der Waals surface area contributed by atoms with Gasteiger partial charge in [-0.05, 0) is 57.5 Å². The standard InChI is InChI=1S/C22H35N5/c1-5-27(6-2)17-9-10-18(3)26-22(23-4)25-16-14-20-12-7-11-19-13-8-15-24-21(19)20/h7-8,11-13,15,18H,5-6,9-10,14,16-17H2,1-4H3,(H2,23,25,26). The Hall–Kier alpha value is -2.14. The molecule has 0 saturated carbocycles. The maximum absolute atomic E-state index is 4.53. The Labute approximate surface area is 164 Å². The lowest BCUT2D eigenvalue weighted by Gasteiger charge is -2.21. The summed E-state index contributed by atoms with van der Waals surface area (Å²) < 4.78 is 0. The van der Waals surface area contributed by atoms with Gasteiger partial charge in [0.15, 0.2) is 5.96 Å². The van der Waals surface area contributed by atoms with E-state index in [0.29, 0.717) is 6.04 Å². The molecule has 0 saturated heterocycles. The largest absolute Gasteiger partial charge is 0.356 e. The summed E-state index contributed by atoms with van der Waals surface area (Å²) in [5, 5.41) is 8.13. The maximum atomic E-state index is 4.53. The van der Waals surface area contributed by atoms with Gasteiger partial charge in [-0.3, -0.25) is 9.98 Å². The van der Waals surface area contributed by atoms with Crippen molar-refractivity contribution >= 4 is 16.9 Å². The summed E-state index contributed by atoms with van der Waals surface area (Å²) in [5.74, 6) is 0.874. The molecule has 0 aliphatic heterocycles. The molecule has 5 heteroatoms. The molecule has 0 aliphatic carbocycles. The highest BCUT2D eigenvalue weighted by molar-refractivity contribution is 5.82. The van der Waals surface area contributed by atoms with Crippen LogP contribution in [-0.4, -0.2) is 55.1 Å². The lowest BCUT2D eigenvalue weighted by Crippen LogP contribution is -2.43. The van der Waals surface area contributed by atoms with E-state index in [1.54, 1.807) is 0 Å². The summed E-state index contributed by atoms with van der Waals surface area (Å²) in [6.45, 7) is 10.9. The molecule has 0 spiro atoms. The smallest absolute Gasteiger partial charge is 0.191 e. The number of nitrogens with one attached hydrogen (secondary N) is 2. The molecule has 1 heterocycles. The van der Waals surface area contributed by atoms with Crippen LogP contribution in [0.5, 0.6) is 0 Å². The molecular formula is C22H35N5. The van der Waals surface area contributed by atoms with Crippen LogP contribution in [0.1, 0.15) is 39.2 Å².